The molecule has 11 heavy (non-hydrogen) atoms. The van der Waals surface area contributed by atoms with Gasteiger partial charge in [-0.15, -0.1) is 6.42 Å². The Morgan fingerprint density at radius 3 is 2.73 bits per heavy atom. The first-order valence-electron chi connectivity index (χ1n) is 2.90. The second-order valence-electron chi connectivity index (χ2n) is 2.00. The van der Waals surface area contributed by atoms with E-state index in [-0.39, 0.29) is 6.54 Å². The first-order chi connectivity index (χ1) is 5.16. The van der Waals surface area contributed by atoms with Crippen molar-refractivity contribution in [3.8, 4) is 12.3 Å². The molecule has 0 radical (unpaired) electrons. The molecule has 0 aromatic carbocycles. The molecule has 1 fully saturated rings. The molecular formula is C6H6N2O3. The number of hydrogen-bond donors (Lipinski definition) is 2. The molecule has 0 aromatic heterocycles. The van der Waals surface area contributed by atoms with Crippen molar-refractivity contribution in [2.24, 2.45) is 0 Å². The molecule has 1 atom stereocenters. The maximum absolute atomic E-state index is 10.7. The van der Waals surface area contributed by atoms with Crippen molar-refractivity contribution in [1.29, 1.82) is 0 Å². The van der Waals surface area contributed by atoms with Crippen LogP contribution in [0, 0.1) is 12.3 Å². The quantitative estimate of drug-likeness (QED) is 0.356. The molecule has 0 bridgehead atoms. The molecule has 1 unspecified atom stereocenters. The summed E-state index contributed by atoms with van der Waals surface area (Å²) in [5.41, 5.74) is 0. The van der Waals surface area contributed by atoms with Crippen LogP contribution in [0.3, 0.4) is 0 Å². The second-order valence-corrected chi connectivity index (χ2v) is 2.00. The number of nitrogens with one attached hydrogen (secondary N) is 1. The lowest BCUT2D eigenvalue weighted by atomic mass is 10.5. The zero-order chi connectivity index (χ0) is 8.43. The number of nitrogens with zero attached hydrogens (tertiary/aromatic N) is 1. The largest absolute Gasteiger partial charge is 0.365 e. The zero-order valence-electron chi connectivity index (χ0n) is 5.57. The van der Waals surface area contributed by atoms with Gasteiger partial charge in [0, 0.05) is 0 Å². The van der Waals surface area contributed by atoms with Crippen molar-refractivity contribution in [2.75, 3.05) is 6.54 Å². The van der Waals surface area contributed by atoms with E-state index in [0.29, 0.717) is 0 Å². The number of carbonyl (C=O) groups is 2. The molecule has 0 spiro atoms. The third-order valence-corrected chi connectivity index (χ3v) is 1.28. The van der Waals surface area contributed by atoms with Crippen LogP contribution in [0.5, 0.6) is 0 Å². The Morgan fingerprint density at radius 1 is 1.73 bits per heavy atom. The lowest BCUT2D eigenvalue weighted by Gasteiger charge is -2.12. The molecule has 1 aliphatic rings. The van der Waals surface area contributed by atoms with E-state index in [4.69, 9.17) is 11.5 Å². The monoisotopic (exact) mass is 154 g/mol. The van der Waals surface area contributed by atoms with Gasteiger partial charge in [0.1, 0.15) is 0 Å². The minimum absolute atomic E-state index is 0.0707. The van der Waals surface area contributed by atoms with Crippen molar-refractivity contribution in [1.82, 2.24) is 10.2 Å². The van der Waals surface area contributed by atoms with Gasteiger partial charge in [-0.2, -0.15) is 0 Å². The highest BCUT2D eigenvalue weighted by Gasteiger charge is 2.35. The van der Waals surface area contributed by atoms with E-state index in [1.807, 2.05) is 5.32 Å². The highest BCUT2D eigenvalue weighted by molar-refractivity contribution is 6.03. The highest BCUT2D eigenvalue weighted by Crippen LogP contribution is 2.03. The van der Waals surface area contributed by atoms with Crippen molar-refractivity contribution in [3.63, 3.8) is 0 Å². The average molecular weight is 154 g/mol. The van der Waals surface area contributed by atoms with E-state index < -0.39 is 18.2 Å². The van der Waals surface area contributed by atoms with Crippen LogP contribution in [0.2, 0.25) is 0 Å². The van der Waals surface area contributed by atoms with Crippen molar-refractivity contribution >= 4 is 11.9 Å². The smallest absolute Gasteiger partial charge is 0.327 e. The van der Waals surface area contributed by atoms with E-state index in [2.05, 4.69) is 5.92 Å². The molecule has 0 aliphatic carbocycles. The predicted molar refractivity (Wildman–Crippen MR) is 35.1 cm³/mol. The number of terminal acetylenes is 1. The third kappa shape index (κ3) is 1.16. The van der Waals surface area contributed by atoms with Gasteiger partial charge in [0.15, 0.2) is 0 Å². The number of imide groups is 1. The van der Waals surface area contributed by atoms with Gasteiger partial charge in [-0.3, -0.25) is 15.0 Å². The Hall–Kier alpha value is -1.54. The van der Waals surface area contributed by atoms with E-state index in [1.54, 1.807) is 0 Å². The van der Waals surface area contributed by atoms with Crippen LogP contribution in [0.15, 0.2) is 0 Å². The lowest BCUT2D eigenvalue weighted by molar-refractivity contribution is -0.130. The fraction of sp³-hybridized carbons (Fsp3) is 0.333. The van der Waals surface area contributed by atoms with E-state index in [1.165, 1.54) is 0 Å². The number of carbonyl (C=O) groups excluding carboxylic acids is 2. The Morgan fingerprint density at radius 2 is 2.36 bits per heavy atom. The molecule has 0 saturated carbocycles. The summed E-state index contributed by atoms with van der Waals surface area (Å²) in [5, 5.41) is 10.9. The van der Waals surface area contributed by atoms with Gasteiger partial charge in [-0.05, 0) is 0 Å². The molecule has 1 aliphatic heterocycles. The molecule has 3 amide bonds. The van der Waals surface area contributed by atoms with Crippen molar-refractivity contribution in [2.45, 2.75) is 6.23 Å². The molecule has 1 rings (SSSR count). The first kappa shape index (κ1) is 7.57. The van der Waals surface area contributed by atoms with E-state index >= 15 is 0 Å². The topological polar surface area (TPSA) is 69.6 Å². The summed E-state index contributed by atoms with van der Waals surface area (Å²) < 4.78 is 0. The number of rotatable bonds is 1. The van der Waals surface area contributed by atoms with Gasteiger partial charge in [0.2, 0.25) is 6.23 Å². The molecule has 1 heterocycles. The summed E-state index contributed by atoms with van der Waals surface area (Å²) in [6.45, 7) is -0.0707. The number of aliphatic hydroxyl groups excluding tert-OH is 1. The van der Waals surface area contributed by atoms with Crippen LogP contribution < -0.4 is 5.32 Å². The molecule has 58 valence electrons. The predicted octanol–water partition coefficient (Wildman–Crippen LogP) is -1.51. The van der Waals surface area contributed by atoms with Crippen molar-refractivity contribution < 1.29 is 14.7 Å². The van der Waals surface area contributed by atoms with Crippen LogP contribution in [0.1, 0.15) is 0 Å². The van der Waals surface area contributed by atoms with Gasteiger partial charge in [-0.1, -0.05) is 5.92 Å². The zero-order valence-corrected chi connectivity index (χ0v) is 5.57. The molecule has 0 aromatic rings. The number of amides is 3. The number of hydrogen-bond acceptors (Lipinski definition) is 3. The summed E-state index contributed by atoms with van der Waals surface area (Å²) in [6.07, 6.45) is 3.45. The standard InChI is InChI=1S/C6H6N2O3/c1-2-3-8-5(10)4(9)7-6(8)11/h1,5,10H,3H2,(H,7,9,11). The minimum atomic E-state index is -1.43. The maximum atomic E-state index is 10.7. The highest BCUT2D eigenvalue weighted by atomic mass is 16.3. The summed E-state index contributed by atoms with van der Waals surface area (Å²) in [6, 6.07) is -0.652. The van der Waals surface area contributed by atoms with Crippen LogP contribution in [0.4, 0.5) is 4.79 Å². The van der Waals surface area contributed by atoms with Gasteiger partial charge in [0.05, 0.1) is 6.54 Å². The summed E-state index contributed by atoms with van der Waals surface area (Å²) in [7, 11) is 0. The van der Waals surface area contributed by atoms with Crippen molar-refractivity contribution in [3.05, 3.63) is 0 Å². The molecule has 5 heteroatoms. The van der Waals surface area contributed by atoms with Gasteiger partial charge in [0.25, 0.3) is 5.91 Å². The van der Waals surface area contributed by atoms with Gasteiger partial charge in [-0.25, -0.2) is 4.79 Å². The second kappa shape index (κ2) is 2.60. The average Bonchev–Trinajstić information content (AvgIpc) is 2.17. The van der Waals surface area contributed by atoms with Crippen LogP contribution in [-0.4, -0.2) is 34.7 Å². The Balaban J connectivity index is 2.73. The summed E-state index contributed by atoms with van der Waals surface area (Å²) in [4.78, 5) is 22.2. The van der Waals surface area contributed by atoms with E-state index in [9.17, 15) is 9.59 Å². The number of aliphatic hydroxyl groups is 1. The normalized spacial score (nSPS) is 23.3. The van der Waals surface area contributed by atoms with Crippen LogP contribution in [-0.2, 0) is 4.79 Å². The molecule has 1 saturated heterocycles. The van der Waals surface area contributed by atoms with Gasteiger partial charge >= 0.3 is 6.03 Å². The van der Waals surface area contributed by atoms with Crippen LogP contribution >= 0.6 is 0 Å². The lowest BCUT2D eigenvalue weighted by Crippen LogP contribution is -2.34. The Kier molecular flexibility index (Phi) is 1.79. The summed E-state index contributed by atoms with van der Waals surface area (Å²) in [5.74, 6) is 1.41. The summed E-state index contributed by atoms with van der Waals surface area (Å²) >= 11 is 0. The minimum Gasteiger partial charge on any atom is -0.365 e. The SMILES string of the molecule is C#CCN1C(=O)NC(=O)C1O. The third-order valence-electron chi connectivity index (χ3n) is 1.28. The molecule has 5 nitrogen and oxygen atoms in total. The molecule has 2 N–H and O–H groups in total. The Labute approximate surface area is 63.0 Å². The number of urea groups is 1. The first-order valence-corrected chi connectivity index (χ1v) is 2.90. The van der Waals surface area contributed by atoms with Gasteiger partial charge < -0.3 is 5.11 Å². The maximum Gasteiger partial charge on any atom is 0.327 e. The van der Waals surface area contributed by atoms with E-state index in [0.717, 1.165) is 4.90 Å². The fourth-order valence-corrected chi connectivity index (χ4v) is 0.751. The fourth-order valence-electron chi connectivity index (χ4n) is 0.751. The Bertz CT molecular complexity index is 243. The molecular weight excluding hydrogens is 148 g/mol. The van der Waals surface area contributed by atoms with Crippen LogP contribution in [0.25, 0.3) is 0 Å².